The van der Waals surface area contributed by atoms with Crippen LogP contribution in [-0.2, 0) is 20.8 Å². The molecule has 2 aromatic carbocycles. The van der Waals surface area contributed by atoms with Crippen LogP contribution in [0.3, 0.4) is 0 Å². The van der Waals surface area contributed by atoms with Crippen molar-refractivity contribution in [1.29, 1.82) is 0 Å². The van der Waals surface area contributed by atoms with Crippen molar-refractivity contribution in [2.45, 2.75) is 31.8 Å². The lowest BCUT2D eigenvalue weighted by atomic mass is 10.1. The number of halogens is 3. The second-order valence-corrected chi connectivity index (χ2v) is 9.55. The zero-order valence-corrected chi connectivity index (χ0v) is 18.9. The van der Waals surface area contributed by atoms with Crippen LogP contribution in [0.4, 0.5) is 18.9 Å². The van der Waals surface area contributed by atoms with Crippen molar-refractivity contribution in [3.05, 3.63) is 70.5 Å². The maximum Gasteiger partial charge on any atom is 0.416 e. The topological polar surface area (TPSA) is 98.1 Å². The van der Waals surface area contributed by atoms with Gasteiger partial charge in [0.2, 0.25) is 0 Å². The molecule has 0 bridgehead atoms. The molecule has 0 radical (unpaired) electrons. The molecule has 0 unspecified atom stereocenters. The van der Waals surface area contributed by atoms with E-state index in [4.69, 9.17) is 0 Å². The smallest absolute Gasteiger partial charge is 0.319 e. The number of aryl methyl sites for hydroxylation is 2. The molecular weight excluding hydrogens is 459 g/mol. The quantitative estimate of drug-likeness (QED) is 0.440. The Morgan fingerprint density at radius 1 is 1.03 bits per heavy atom. The summed E-state index contributed by atoms with van der Waals surface area (Å²) in [6.45, 7) is 4.57. The van der Waals surface area contributed by atoms with E-state index < -0.39 is 33.3 Å². The Bertz CT molecular complexity index is 1380. The van der Waals surface area contributed by atoms with Crippen LogP contribution >= 0.6 is 0 Å². The van der Waals surface area contributed by atoms with Gasteiger partial charge in [-0.25, -0.2) is 13.1 Å². The summed E-state index contributed by atoms with van der Waals surface area (Å²) < 4.78 is 64.0. The minimum atomic E-state index is -4.55. The lowest BCUT2D eigenvalue weighted by Crippen LogP contribution is -2.24. The highest BCUT2D eigenvalue weighted by molar-refractivity contribution is 7.90. The standard InChI is InChI=1S/C22H20F3N3O4S/c1-12-8-9-17(33(4,31)32)11-18(12)26-21(30)20(29)19-13(2)27-28(14(19)3)16-7-5-6-15(10-16)22(23,24)25/h5-11H,1-4H3,(H,26,30). The van der Waals surface area contributed by atoms with Gasteiger partial charge in [0.25, 0.3) is 11.7 Å². The number of Topliss-reactive ketones (excluding diaryl/α,β-unsaturated/α-hetero) is 1. The number of nitrogens with zero attached hydrogens (tertiary/aromatic N) is 2. The summed E-state index contributed by atoms with van der Waals surface area (Å²) in [7, 11) is -3.53. The fourth-order valence-corrected chi connectivity index (χ4v) is 3.94. The molecule has 0 saturated heterocycles. The number of benzene rings is 2. The minimum Gasteiger partial charge on any atom is -0.319 e. The number of carbonyl (C=O) groups is 2. The van der Waals surface area contributed by atoms with Gasteiger partial charge in [0.05, 0.1) is 33.1 Å². The van der Waals surface area contributed by atoms with Crippen molar-refractivity contribution < 1.29 is 31.2 Å². The highest BCUT2D eigenvalue weighted by Crippen LogP contribution is 2.31. The molecule has 174 valence electrons. The van der Waals surface area contributed by atoms with Crippen LogP contribution in [-0.4, -0.2) is 36.1 Å². The predicted molar refractivity (Wildman–Crippen MR) is 115 cm³/mol. The second-order valence-electron chi connectivity index (χ2n) is 7.54. The number of ketones is 1. The Labute approximate surface area is 188 Å². The highest BCUT2D eigenvalue weighted by Gasteiger charge is 2.31. The largest absolute Gasteiger partial charge is 0.416 e. The lowest BCUT2D eigenvalue weighted by Gasteiger charge is -2.11. The van der Waals surface area contributed by atoms with E-state index in [-0.39, 0.29) is 33.2 Å². The van der Waals surface area contributed by atoms with Gasteiger partial charge in [-0.2, -0.15) is 18.3 Å². The molecule has 0 fully saturated rings. The molecule has 1 amide bonds. The highest BCUT2D eigenvalue weighted by atomic mass is 32.2. The van der Waals surface area contributed by atoms with E-state index in [2.05, 4.69) is 10.4 Å². The molecule has 1 aromatic heterocycles. The Morgan fingerprint density at radius 3 is 2.30 bits per heavy atom. The molecule has 1 N–H and O–H groups in total. The number of aromatic nitrogens is 2. The lowest BCUT2D eigenvalue weighted by molar-refractivity contribution is -0.137. The van der Waals surface area contributed by atoms with Crippen LogP contribution in [0.25, 0.3) is 5.69 Å². The normalized spacial score (nSPS) is 12.0. The summed E-state index contributed by atoms with van der Waals surface area (Å²) in [6, 6.07) is 8.58. The maximum absolute atomic E-state index is 13.1. The Morgan fingerprint density at radius 2 is 1.70 bits per heavy atom. The molecule has 1 heterocycles. The number of nitrogens with one attached hydrogen (secondary N) is 1. The molecule has 0 atom stereocenters. The third-order valence-corrected chi connectivity index (χ3v) is 6.14. The van der Waals surface area contributed by atoms with Crippen molar-refractivity contribution in [2.75, 3.05) is 11.6 Å². The molecule has 0 spiro atoms. The summed E-state index contributed by atoms with van der Waals surface area (Å²) in [5.74, 6) is -1.98. The fraction of sp³-hybridized carbons (Fsp3) is 0.227. The number of sulfone groups is 1. The maximum atomic E-state index is 13.1. The first kappa shape index (κ1) is 24.2. The molecule has 7 nitrogen and oxygen atoms in total. The van der Waals surface area contributed by atoms with Crippen LogP contribution in [0.2, 0.25) is 0 Å². The summed E-state index contributed by atoms with van der Waals surface area (Å²) in [4.78, 5) is 25.5. The third kappa shape index (κ3) is 4.98. The Balaban J connectivity index is 1.95. The Hall–Kier alpha value is -3.47. The molecule has 0 aliphatic heterocycles. The molecule has 3 aromatic rings. The first-order valence-corrected chi connectivity index (χ1v) is 11.5. The molecule has 0 aliphatic carbocycles. The SMILES string of the molecule is Cc1ccc(S(C)(=O)=O)cc1NC(=O)C(=O)c1c(C)nn(-c2cccc(C(F)(F)F)c2)c1C. The average Bonchev–Trinajstić information content (AvgIpc) is 3.01. The number of amides is 1. The van der Waals surface area contributed by atoms with E-state index in [1.807, 2.05) is 0 Å². The molecule has 0 saturated carbocycles. The predicted octanol–water partition coefficient (Wildman–Crippen LogP) is 4.04. The molecular formula is C22H20F3N3O4S. The van der Waals surface area contributed by atoms with Gasteiger partial charge in [0, 0.05) is 11.9 Å². The summed E-state index contributed by atoms with van der Waals surface area (Å²) in [6.07, 6.45) is -3.54. The monoisotopic (exact) mass is 479 g/mol. The summed E-state index contributed by atoms with van der Waals surface area (Å²) >= 11 is 0. The van der Waals surface area contributed by atoms with Gasteiger partial charge in [-0.1, -0.05) is 12.1 Å². The first-order valence-electron chi connectivity index (χ1n) is 9.60. The summed E-state index contributed by atoms with van der Waals surface area (Å²) in [5, 5.41) is 6.56. The number of hydrogen-bond acceptors (Lipinski definition) is 5. The van der Waals surface area contributed by atoms with Gasteiger partial charge in [-0.05, 0) is 56.7 Å². The van der Waals surface area contributed by atoms with Crippen molar-refractivity contribution in [3.63, 3.8) is 0 Å². The number of rotatable bonds is 5. The van der Waals surface area contributed by atoms with Crippen molar-refractivity contribution in [2.24, 2.45) is 0 Å². The van der Waals surface area contributed by atoms with Gasteiger partial charge >= 0.3 is 6.18 Å². The number of hydrogen-bond donors (Lipinski definition) is 1. The van der Waals surface area contributed by atoms with Crippen LogP contribution in [0, 0.1) is 20.8 Å². The van der Waals surface area contributed by atoms with Crippen LogP contribution in [0.1, 0.15) is 32.9 Å². The Kier molecular flexibility index (Phi) is 6.20. The van der Waals surface area contributed by atoms with Crippen molar-refractivity contribution in [3.8, 4) is 5.69 Å². The fourth-order valence-electron chi connectivity index (χ4n) is 3.30. The van der Waals surface area contributed by atoms with E-state index in [0.29, 0.717) is 5.56 Å². The number of alkyl halides is 3. The van der Waals surface area contributed by atoms with Crippen LogP contribution < -0.4 is 5.32 Å². The van der Waals surface area contributed by atoms with E-state index in [1.54, 1.807) is 6.92 Å². The molecule has 0 aliphatic rings. The first-order chi connectivity index (χ1) is 15.2. The van der Waals surface area contributed by atoms with Gasteiger partial charge in [0.15, 0.2) is 9.84 Å². The zero-order chi connectivity index (χ0) is 24.7. The van der Waals surface area contributed by atoms with Gasteiger partial charge < -0.3 is 5.32 Å². The zero-order valence-electron chi connectivity index (χ0n) is 18.1. The molecule has 33 heavy (non-hydrogen) atoms. The summed E-state index contributed by atoms with van der Waals surface area (Å²) in [5.41, 5.74) is 0.191. The van der Waals surface area contributed by atoms with Gasteiger partial charge in [0.1, 0.15) is 0 Å². The van der Waals surface area contributed by atoms with Crippen molar-refractivity contribution in [1.82, 2.24) is 9.78 Å². The van der Waals surface area contributed by atoms with Gasteiger partial charge in [-0.15, -0.1) is 0 Å². The van der Waals surface area contributed by atoms with E-state index in [9.17, 15) is 31.2 Å². The van der Waals surface area contributed by atoms with E-state index in [0.717, 1.165) is 18.4 Å². The van der Waals surface area contributed by atoms with Crippen LogP contribution in [0.15, 0.2) is 47.4 Å². The average molecular weight is 479 g/mol. The van der Waals surface area contributed by atoms with E-state index in [1.165, 1.54) is 48.9 Å². The van der Waals surface area contributed by atoms with E-state index >= 15 is 0 Å². The van der Waals surface area contributed by atoms with Crippen LogP contribution in [0.5, 0.6) is 0 Å². The van der Waals surface area contributed by atoms with Gasteiger partial charge in [-0.3, -0.25) is 9.59 Å². The van der Waals surface area contributed by atoms with Crippen molar-refractivity contribution >= 4 is 27.2 Å². The minimum absolute atomic E-state index is 0.0272. The second kappa shape index (κ2) is 8.47. The molecule has 11 heteroatoms. The molecule has 3 rings (SSSR count). The number of carbonyl (C=O) groups excluding carboxylic acids is 2. The third-order valence-electron chi connectivity index (χ3n) is 5.03. The number of anilines is 1.